The minimum absolute atomic E-state index is 0.226. The molecule has 0 aliphatic carbocycles. The van der Waals surface area contributed by atoms with E-state index in [4.69, 9.17) is 17.3 Å². The van der Waals surface area contributed by atoms with Gasteiger partial charge in [0.1, 0.15) is 0 Å². The van der Waals surface area contributed by atoms with Gasteiger partial charge in [-0.05, 0) is 32.9 Å². The Kier molecular flexibility index (Phi) is 5.29. The predicted octanol–water partition coefficient (Wildman–Crippen LogP) is 3.40. The highest BCUT2D eigenvalue weighted by molar-refractivity contribution is 6.33. The summed E-state index contributed by atoms with van der Waals surface area (Å²) in [6.07, 6.45) is -4.64. The highest BCUT2D eigenvalue weighted by atomic mass is 35.5. The van der Waals surface area contributed by atoms with Crippen molar-refractivity contribution in [2.24, 2.45) is 10.7 Å². The maximum Gasteiger partial charge on any atom is 0.418 e. The van der Waals surface area contributed by atoms with Crippen LogP contribution in [0.2, 0.25) is 5.02 Å². The van der Waals surface area contributed by atoms with Crippen molar-refractivity contribution in [1.29, 1.82) is 0 Å². The number of carbonyl (C=O) groups is 1. The number of guanidine groups is 1. The van der Waals surface area contributed by atoms with Crippen molar-refractivity contribution in [2.75, 3.05) is 0 Å². The fourth-order valence-electron chi connectivity index (χ4n) is 1.49. The molecule has 0 aliphatic heterocycles. The van der Waals surface area contributed by atoms with Crippen LogP contribution in [0.25, 0.3) is 0 Å². The van der Waals surface area contributed by atoms with E-state index < -0.39 is 35.0 Å². The molecule has 0 heterocycles. The van der Waals surface area contributed by atoms with E-state index in [0.29, 0.717) is 0 Å². The lowest BCUT2D eigenvalue weighted by molar-refractivity contribution is -0.137. The molecule has 4 N–H and O–H groups in total. The second kappa shape index (κ2) is 6.43. The molecule has 0 atom stereocenters. The third kappa shape index (κ3) is 5.44. The molecule has 0 fully saturated rings. The minimum Gasteiger partial charge on any atom is -0.369 e. The average molecular weight is 337 g/mol. The number of hydrogen-bond acceptors (Lipinski definition) is 2. The Morgan fingerprint density at radius 3 is 2.36 bits per heavy atom. The molecule has 0 bridgehead atoms. The van der Waals surface area contributed by atoms with Crippen LogP contribution >= 0.6 is 11.6 Å². The number of amides is 2. The van der Waals surface area contributed by atoms with Crippen molar-refractivity contribution in [3.63, 3.8) is 0 Å². The molecule has 0 unspecified atom stereocenters. The summed E-state index contributed by atoms with van der Waals surface area (Å²) in [5, 5.41) is 4.45. The zero-order chi connectivity index (χ0) is 17.1. The van der Waals surface area contributed by atoms with Gasteiger partial charge < -0.3 is 11.1 Å². The monoisotopic (exact) mass is 336 g/mol. The number of para-hydroxylation sites is 1. The normalized spacial score (nSPS) is 13.0. The molecule has 22 heavy (non-hydrogen) atoms. The minimum atomic E-state index is -4.64. The molecular weight excluding hydrogens is 321 g/mol. The summed E-state index contributed by atoms with van der Waals surface area (Å²) in [5.74, 6) is -0.500. The van der Waals surface area contributed by atoms with Crippen LogP contribution in [0.4, 0.5) is 23.7 Å². The standard InChI is InChI=1S/C13H16ClF3N4O/c1-12(2,3)21-11(22)20-10(18)19-9-7(13(15,16)17)5-4-6-8(9)14/h4-6H,1-3H3,(H4,18,19,20,21,22). The van der Waals surface area contributed by atoms with Gasteiger partial charge in [-0.2, -0.15) is 13.2 Å². The average Bonchev–Trinajstić information content (AvgIpc) is 2.27. The lowest BCUT2D eigenvalue weighted by atomic mass is 10.1. The van der Waals surface area contributed by atoms with Gasteiger partial charge in [0.2, 0.25) is 5.96 Å². The highest BCUT2D eigenvalue weighted by Crippen LogP contribution is 2.40. The van der Waals surface area contributed by atoms with E-state index in [1.165, 1.54) is 6.07 Å². The molecule has 5 nitrogen and oxygen atoms in total. The van der Waals surface area contributed by atoms with Crippen LogP contribution < -0.4 is 16.4 Å². The van der Waals surface area contributed by atoms with E-state index in [1.54, 1.807) is 20.8 Å². The lowest BCUT2D eigenvalue weighted by Crippen LogP contribution is -2.50. The van der Waals surface area contributed by atoms with Gasteiger partial charge in [-0.15, -0.1) is 0 Å². The first-order chi connectivity index (χ1) is 9.90. The highest BCUT2D eigenvalue weighted by Gasteiger charge is 2.34. The number of nitrogens with one attached hydrogen (secondary N) is 2. The largest absolute Gasteiger partial charge is 0.418 e. The maximum atomic E-state index is 12.9. The molecule has 0 spiro atoms. The molecule has 122 valence electrons. The molecule has 0 saturated carbocycles. The molecule has 1 aromatic carbocycles. The number of alkyl halides is 3. The Labute approximate surface area is 130 Å². The van der Waals surface area contributed by atoms with Crippen molar-refractivity contribution < 1.29 is 18.0 Å². The summed E-state index contributed by atoms with van der Waals surface area (Å²) in [7, 11) is 0. The maximum absolute atomic E-state index is 12.9. The smallest absolute Gasteiger partial charge is 0.369 e. The zero-order valence-corrected chi connectivity index (χ0v) is 12.9. The number of halogens is 4. The van der Waals surface area contributed by atoms with Gasteiger partial charge in [0.05, 0.1) is 16.3 Å². The first-order valence-corrected chi connectivity index (χ1v) is 6.57. The van der Waals surface area contributed by atoms with Gasteiger partial charge in [-0.3, -0.25) is 5.32 Å². The van der Waals surface area contributed by atoms with Crippen molar-refractivity contribution in [2.45, 2.75) is 32.5 Å². The fourth-order valence-corrected chi connectivity index (χ4v) is 1.71. The van der Waals surface area contributed by atoms with Crippen molar-refractivity contribution in [3.8, 4) is 0 Å². The number of nitrogens with zero attached hydrogens (tertiary/aromatic N) is 1. The lowest BCUT2D eigenvalue weighted by Gasteiger charge is -2.20. The number of aliphatic imine (C=N–C) groups is 1. The zero-order valence-electron chi connectivity index (χ0n) is 12.2. The van der Waals surface area contributed by atoms with Gasteiger partial charge >= 0.3 is 12.2 Å². The predicted molar refractivity (Wildman–Crippen MR) is 79.2 cm³/mol. The van der Waals surface area contributed by atoms with E-state index in [9.17, 15) is 18.0 Å². The molecule has 9 heteroatoms. The van der Waals surface area contributed by atoms with Crippen LogP contribution in [-0.4, -0.2) is 17.5 Å². The first-order valence-electron chi connectivity index (χ1n) is 6.19. The Bertz CT molecular complexity index is 594. The van der Waals surface area contributed by atoms with Crippen LogP contribution in [-0.2, 0) is 6.18 Å². The van der Waals surface area contributed by atoms with E-state index in [0.717, 1.165) is 12.1 Å². The van der Waals surface area contributed by atoms with Crippen LogP contribution in [0, 0.1) is 0 Å². The second-order valence-electron chi connectivity index (χ2n) is 5.46. The topological polar surface area (TPSA) is 79.5 Å². The summed E-state index contributed by atoms with van der Waals surface area (Å²) in [6.45, 7) is 5.20. The number of nitrogens with two attached hydrogens (primary N) is 1. The summed E-state index contributed by atoms with van der Waals surface area (Å²) in [6, 6.07) is 2.54. The molecule has 1 rings (SSSR count). The molecule has 2 amide bonds. The molecular formula is C13H16ClF3N4O. The van der Waals surface area contributed by atoms with Crippen LogP contribution in [0.15, 0.2) is 23.2 Å². The quantitative estimate of drug-likeness (QED) is 0.543. The number of hydrogen-bond donors (Lipinski definition) is 3. The first kappa shape index (κ1) is 18.1. The Morgan fingerprint density at radius 2 is 1.86 bits per heavy atom. The number of rotatable bonds is 1. The summed E-state index contributed by atoms with van der Waals surface area (Å²) in [5.41, 5.74) is 3.33. The molecule has 0 aromatic heterocycles. The van der Waals surface area contributed by atoms with E-state index >= 15 is 0 Å². The van der Waals surface area contributed by atoms with E-state index in [-0.39, 0.29) is 5.02 Å². The van der Waals surface area contributed by atoms with Crippen LogP contribution in [0.3, 0.4) is 0 Å². The SMILES string of the molecule is CC(C)(C)NC(=O)NC(N)=Nc1c(Cl)cccc1C(F)(F)F. The van der Waals surface area contributed by atoms with Crippen molar-refractivity contribution in [3.05, 3.63) is 28.8 Å². The number of benzene rings is 1. The Morgan fingerprint density at radius 1 is 1.27 bits per heavy atom. The third-order valence-electron chi connectivity index (χ3n) is 2.25. The number of urea groups is 1. The second-order valence-corrected chi connectivity index (χ2v) is 5.87. The number of carbonyl (C=O) groups excluding carboxylic acids is 1. The summed E-state index contributed by atoms with van der Waals surface area (Å²) in [4.78, 5) is 15.2. The molecule has 1 aromatic rings. The molecule has 0 radical (unpaired) electrons. The van der Waals surface area contributed by atoms with Gasteiger partial charge in [0, 0.05) is 5.54 Å². The molecule has 0 aliphatic rings. The third-order valence-corrected chi connectivity index (χ3v) is 2.56. The summed E-state index contributed by atoms with van der Waals surface area (Å²) >= 11 is 5.73. The molecule has 0 saturated heterocycles. The van der Waals surface area contributed by atoms with Gasteiger partial charge in [-0.1, -0.05) is 17.7 Å². The van der Waals surface area contributed by atoms with Gasteiger partial charge in [-0.25, -0.2) is 9.79 Å². The Balaban J connectivity index is 3.05. The van der Waals surface area contributed by atoms with E-state index in [2.05, 4.69) is 15.6 Å². The fraction of sp³-hybridized carbons (Fsp3) is 0.385. The van der Waals surface area contributed by atoms with Crippen molar-refractivity contribution >= 4 is 29.3 Å². The Hall–Kier alpha value is -1.96. The van der Waals surface area contributed by atoms with Crippen LogP contribution in [0.1, 0.15) is 26.3 Å². The van der Waals surface area contributed by atoms with Gasteiger partial charge in [0.15, 0.2) is 0 Å². The summed E-state index contributed by atoms with van der Waals surface area (Å²) < 4.78 is 38.7. The van der Waals surface area contributed by atoms with Crippen molar-refractivity contribution in [1.82, 2.24) is 10.6 Å². The van der Waals surface area contributed by atoms with Gasteiger partial charge in [0.25, 0.3) is 0 Å². The van der Waals surface area contributed by atoms with Crippen LogP contribution in [0.5, 0.6) is 0 Å². The van der Waals surface area contributed by atoms with E-state index in [1.807, 2.05) is 0 Å².